The lowest BCUT2D eigenvalue weighted by atomic mass is 9.71. The Labute approximate surface area is 214 Å². The third-order valence-corrected chi connectivity index (χ3v) is 7.40. The Balaban J connectivity index is 0.000000623. The van der Waals surface area contributed by atoms with Gasteiger partial charge < -0.3 is 14.2 Å². The number of carbonyl (C=O) groups excluding carboxylic acids is 1. The predicted octanol–water partition coefficient (Wildman–Crippen LogP) is 7.43. The molecule has 0 aromatic heterocycles. The highest BCUT2D eigenvalue weighted by atomic mass is 35.5. The molecular weight excluding hydrogens is 460 g/mol. The second-order valence-electron chi connectivity index (χ2n) is 9.18. The van der Waals surface area contributed by atoms with Gasteiger partial charge in [-0.05, 0) is 103 Å². The van der Waals surface area contributed by atoms with Gasteiger partial charge in [0.15, 0.2) is 0 Å². The molecule has 2 aromatic carbocycles. The van der Waals surface area contributed by atoms with Crippen LogP contribution in [0, 0.1) is 12.8 Å². The van der Waals surface area contributed by atoms with Crippen LogP contribution in [-0.4, -0.2) is 38.5 Å². The average molecular weight is 497 g/mol. The summed E-state index contributed by atoms with van der Waals surface area (Å²) in [5.41, 5.74) is 8.31. The van der Waals surface area contributed by atoms with Crippen LogP contribution in [0.4, 0.5) is 0 Å². The van der Waals surface area contributed by atoms with Crippen LogP contribution in [0.2, 0.25) is 5.02 Å². The number of halogens is 1. The van der Waals surface area contributed by atoms with E-state index in [9.17, 15) is 4.79 Å². The van der Waals surface area contributed by atoms with Gasteiger partial charge in [-0.25, -0.2) is 0 Å². The summed E-state index contributed by atoms with van der Waals surface area (Å²) in [4.78, 5) is 9.18. The maximum atomic E-state index is 9.18. The first-order valence-electron chi connectivity index (χ1n) is 12.4. The molecule has 4 nitrogen and oxygen atoms in total. The lowest BCUT2D eigenvalue weighted by Gasteiger charge is -2.45. The number of hydrogen-bond acceptors (Lipinski definition) is 4. The molecule has 1 unspecified atom stereocenters. The number of benzene rings is 2. The number of aryl methyl sites for hydroxylation is 1. The minimum absolute atomic E-state index is 0.347. The first-order valence-corrected chi connectivity index (χ1v) is 12.8. The Kier molecular flexibility index (Phi) is 9.73. The van der Waals surface area contributed by atoms with Crippen molar-refractivity contribution in [3.05, 3.63) is 76.3 Å². The second kappa shape index (κ2) is 12.5. The van der Waals surface area contributed by atoms with Gasteiger partial charge in [0, 0.05) is 18.2 Å². The van der Waals surface area contributed by atoms with Gasteiger partial charge in [0.25, 0.3) is 6.47 Å². The highest BCUT2D eigenvalue weighted by molar-refractivity contribution is 6.30. The summed E-state index contributed by atoms with van der Waals surface area (Å²) in [6.07, 6.45) is 3.00. The molecule has 2 aromatic rings. The van der Waals surface area contributed by atoms with Gasteiger partial charge >= 0.3 is 0 Å². The van der Waals surface area contributed by atoms with Gasteiger partial charge in [-0.1, -0.05) is 49.4 Å². The maximum absolute atomic E-state index is 9.18. The molecule has 1 atom stereocenters. The van der Waals surface area contributed by atoms with Crippen molar-refractivity contribution in [1.82, 2.24) is 0 Å². The Morgan fingerprint density at radius 3 is 2.34 bits per heavy atom. The number of rotatable bonds is 6. The molecule has 5 heteroatoms. The van der Waals surface area contributed by atoms with E-state index >= 15 is 0 Å². The molecule has 4 rings (SSSR count). The molecule has 0 aliphatic carbocycles. The standard InChI is InChI=1S/C27H31ClO2.C3H6O2/c1-5-20-17-30-27(4,23-12-14-29-15-13-23)19(3)26(20)25-16-22(7-6-18(25)2)21-8-10-24(28)11-9-21;1-2-5-3-4/h6-11,16,23H,3,5,12-15,17H2,1-2,4H3;3H,2H2,1H3. The predicted molar refractivity (Wildman–Crippen MR) is 144 cm³/mol. The average Bonchev–Trinajstić information content (AvgIpc) is 2.88. The minimum Gasteiger partial charge on any atom is -0.468 e. The molecule has 0 spiro atoms. The molecule has 0 amide bonds. The summed E-state index contributed by atoms with van der Waals surface area (Å²) in [6.45, 7) is 16.2. The summed E-state index contributed by atoms with van der Waals surface area (Å²) < 4.78 is 16.3. The van der Waals surface area contributed by atoms with Crippen molar-refractivity contribution < 1.29 is 19.0 Å². The molecule has 2 aliphatic heterocycles. The van der Waals surface area contributed by atoms with Gasteiger partial charge in [-0.2, -0.15) is 0 Å². The fourth-order valence-corrected chi connectivity index (χ4v) is 5.01. The van der Waals surface area contributed by atoms with Crippen molar-refractivity contribution in [2.24, 2.45) is 5.92 Å². The molecule has 0 radical (unpaired) electrons. The summed E-state index contributed by atoms with van der Waals surface area (Å²) in [6, 6.07) is 14.8. The Morgan fingerprint density at radius 1 is 1.11 bits per heavy atom. The lowest BCUT2D eigenvalue weighted by Crippen LogP contribution is -2.45. The van der Waals surface area contributed by atoms with E-state index in [2.05, 4.69) is 62.4 Å². The van der Waals surface area contributed by atoms with E-state index in [0.717, 1.165) is 43.1 Å². The maximum Gasteiger partial charge on any atom is 0.293 e. The molecule has 1 saturated heterocycles. The SMILES string of the molecule is C=C1C(c2cc(-c3ccc(Cl)cc3)ccc2C)=C(CC)COC1(C)C1CCOCC1.CCOC=O. The molecule has 2 aliphatic rings. The van der Waals surface area contributed by atoms with Crippen LogP contribution in [0.15, 0.2) is 60.2 Å². The number of hydrogen-bond donors (Lipinski definition) is 0. The van der Waals surface area contributed by atoms with E-state index in [4.69, 9.17) is 21.1 Å². The third kappa shape index (κ3) is 6.24. The Hall–Kier alpha value is -2.40. The van der Waals surface area contributed by atoms with Crippen molar-refractivity contribution in [1.29, 1.82) is 0 Å². The highest BCUT2D eigenvalue weighted by Crippen LogP contribution is 2.47. The van der Waals surface area contributed by atoms with Gasteiger partial charge in [0.05, 0.1) is 18.8 Å². The van der Waals surface area contributed by atoms with Crippen LogP contribution in [0.25, 0.3) is 16.7 Å². The normalized spacial score (nSPS) is 20.8. The second-order valence-corrected chi connectivity index (χ2v) is 9.62. The van der Waals surface area contributed by atoms with Gasteiger partial charge in [0.2, 0.25) is 0 Å². The fourth-order valence-electron chi connectivity index (χ4n) is 4.88. The first-order chi connectivity index (χ1) is 16.8. The van der Waals surface area contributed by atoms with E-state index in [1.165, 1.54) is 33.4 Å². The summed E-state index contributed by atoms with van der Waals surface area (Å²) in [5, 5.41) is 0.757. The number of carbonyl (C=O) groups is 1. The molecule has 0 bridgehead atoms. The van der Waals surface area contributed by atoms with E-state index < -0.39 is 0 Å². The van der Waals surface area contributed by atoms with Crippen LogP contribution < -0.4 is 0 Å². The molecule has 1 fully saturated rings. The third-order valence-electron chi connectivity index (χ3n) is 7.15. The minimum atomic E-state index is -0.347. The topological polar surface area (TPSA) is 44.8 Å². The highest BCUT2D eigenvalue weighted by Gasteiger charge is 2.43. The van der Waals surface area contributed by atoms with Crippen LogP contribution in [0.3, 0.4) is 0 Å². The summed E-state index contributed by atoms with van der Waals surface area (Å²) in [7, 11) is 0. The summed E-state index contributed by atoms with van der Waals surface area (Å²) in [5.74, 6) is 0.437. The zero-order chi connectivity index (χ0) is 25.4. The fraction of sp³-hybridized carbons (Fsp3) is 0.433. The van der Waals surface area contributed by atoms with Crippen LogP contribution in [0.5, 0.6) is 0 Å². The lowest BCUT2D eigenvalue weighted by molar-refractivity contribution is -0.128. The number of ether oxygens (including phenoxy) is 3. The van der Waals surface area contributed by atoms with Crippen molar-refractivity contribution in [3.63, 3.8) is 0 Å². The van der Waals surface area contributed by atoms with E-state index in [-0.39, 0.29) is 5.60 Å². The molecule has 0 N–H and O–H groups in total. The van der Waals surface area contributed by atoms with Crippen molar-refractivity contribution in [2.75, 3.05) is 26.4 Å². The van der Waals surface area contributed by atoms with Crippen molar-refractivity contribution >= 4 is 23.6 Å². The summed E-state index contributed by atoms with van der Waals surface area (Å²) >= 11 is 6.10. The molecular formula is C30H37ClO4. The van der Waals surface area contributed by atoms with Gasteiger partial charge in [-0.3, -0.25) is 4.79 Å². The molecule has 2 heterocycles. The van der Waals surface area contributed by atoms with Crippen LogP contribution >= 0.6 is 11.6 Å². The Morgan fingerprint density at radius 2 is 1.77 bits per heavy atom. The molecule has 0 saturated carbocycles. The van der Waals surface area contributed by atoms with E-state index in [1.807, 2.05) is 12.1 Å². The van der Waals surface area contributed by atoms with Crippen molar-refractivity contribution in [2.45, 2.75) is 52.6 Å². The van der Waals surface area contributed by atoms with Crippen molar-refractivity contribution in [3.8, 4) is 11.1 Å². The largest absolute Gasteiger partial charge is 0.468 e. The van der Waals surface area contributed by atoms with Gasteiger partial charge in [-0.15, -0.1) is 0 Å². The zero-order valence-corrected chi connectivity index (χ0v) is 22.1. The van der Waals surface area contributed by atoms with Crippen LogP contribution in [-0.2, 0) is 19.0 Å². The first kappa shape index (κ1) is 27.2. The van der Waals surface area contributed by atoms with E-state index in [0.29, 0.717) is 25.6 Å². The monoisotopic (exact) mass is 496 g/mol. The quantitative estimate of drug-likeness (QED) is 0.390. The molecule has 35 heavy (non-hydrogen) atoms. The van der Waals surface area contributed by atoms with E-state index in [1.54, 1.807) is 6.92 Å². The Bertz CT molecular complexity index is 1050. The molecule has 188 valence electrons. The van der Waals surface area contributed by atoms with Crippen LogP contribution in [0.1, 0.15) is 51.2 Å². The smallest absolute Gasteiger partial charge is 0.293 e. The zero-order valence-electron chi connectivity index (χ0n) is 21.4. The van der Waals surface area contributed by atoms with Gasteiger partial charge in [0.1, 0.15) is 0 Å².